The maximum absolute atomic E-state index is 12.0. The second-order valence-corrected chi connectivity index (χ2v) is 8.85. The zero-order valence-electron chi connectivity index (χ0n) is 11.7. The van der Waals surface area contributed by atoms with E-state index in [0.717, 1.165) is 32.5 Å². The molecule has 0 bridgehead atoms. The molecule has 0 radical (unpaired) electrons. The van der Waals surface area contributed by atoms with E-state index in [2.05, 4.69) is 25.5 Å². The molecule has 0 aromatic rings. The van der Waals surface area contributed by atoms with Crippen molar-refractivity contribution in [2.45, 2.75) is 52.5 Å². The lowest BCUT2D eigenvalue weighted by molar-refractivity contribution is 0.0553. The molecule has 1 N–H and O–H groups in total. The van der Waals surface area contributed by atoms with Gasteiger partial charge in [0.25, 0.3) is 0 Å². The quantitative estimate of drug-likeness (QED) is 0.852. The highest BCUT2D eigenvalue weighted by molar-refractivity contribution is 7.89. The van der Waals surface area contributed by atoms with E-state index in [9.17, 15) is 8.42 Å². The molecule has 0 aromatic carbocycles. The van der Waals surface area contributed by atoms with Crippen molar-refractivity contribution in [3.05, 3.63) is 0 Å². The van der Waals surface area contributed by atoms with Gasteiger partial charge in [-0.3, -0.25) is 0 Å². The summed E-state index contributed by atoms with van der Waals surface area (Å²) in [4.78, 5) is 0. The summed E-state index contributed by atoms with van der Waals surface area (Å²) in [5.41, 5.74) is 0.279. The number of ether oxygens (including phenoxy) is 1. The van der Waals surface area contributed by atoms with Gasteiger partial charge in [-0.05, 0) is 36.5 Å². The Morgan fingerprint density at radius 3 is 2.44 bits per heavy atom. The molecule has 2 fully saturated rings. The minimum atomic E-state index is -3.12. The van der Waals surface area contributed by atoms with E-state index in [-0.39, 0.29) is 22.6 Å². The number of rotatable bonds is 4. The molecule has 1 aliphatic heterocycles. The molecular formula is C13H25NO3S. The fraction of sp³-hybridized carbons (Fsp3) is 1.00. The van der Waals surface area contributed by atoms with Gasteiger partial charge in [-0.15, -0.1) is 0 Å². The average Bonchev–Trinajstić information content (AvgIpc) is 2.87. The van der Waals surface area contributed by atoms with Crippen molar-refractivity contribution in [3.63, 3.8) is 0 Å². The summed E-state index contributed by atoms with van der Waals surface area (Å²) < 4.78 is 32.2. The van der Waals surface area contributed by atoms with Gasteiger partial charge in [0.15, 0.2) is 0 Å². The van der Waals surface area contributed by atoms with Crippen molar-refractivity contribution in [1.82, 2.24) is 4.72 Å². The fourth-order valence-corrected chi connectivity index (χ4v) is 4.33. The van der Waals surface area contributed by atoms with E-state index in [0.29, 0.717) is 6.42 Å². The first-order valence-electron chi connectivity index (χ1n) is 6.80. The molecular weight excluding hydrogens is 250 g/mol. The maximum Gasteiger partial charge on any atom is 0.211 e. The molecule has 1 saturated heterocycles. The summed E-state index contributed by atoms with van der Waals surface area (Å²) in [6, 6.07) is 0.159. The van der Waals surface area contributed by atoms with Crippen LogP contribution in [0, 0.1) is 10.8 Å². The van der Waals surface area contributed by atoms with Crippen LogP contribution in [0.2, 0.25) is 0 Å². The Hall–Kier alpha value is -0.130. The average molecular weight is 275 g/mol. The van der Waals surface area contributed by atoms with Crippen LogP contribution in [0.4, 0.5) is 0 Å². The van der Waals surface area contributed by atoms with Crippen LogP contribution in [0.15, 0.2) is 0 Å². The third-order valence-corrected chi connectivity index (χ3v) is 5.51. The van der Waals surface area contributed by atoms with Crippen LogP contribution < -0.4 is 4.72 Å². The Labute approximate surface area is 111 Å². The normalized spacial score (nSPS) is 27.4. The van der Waals surface area contributed by atoms with Crippen LogP contribution in [-0.4, -0.2) is 33.4 Å². The van der Waals surface area contributed by atoms with Gasteiger partial charge in [-0.25, -0.2) is 13.1 Å². The maximum atomic E-state index is 12.0. The molecule has 0 aromatic heterocycles. The zero-order chi connectivity index (χ0) is 13.4. The summed E-state index contributed by atoms with van der Waals surface area (Å²) >= 11 is 0. The van der Waals surface area contributed by atoms with Gasteiger partial charge in [0.05, 0.1) is 5.75 Å². The van der Waals surface area contributed by atoms with Crippen molar-refractivity contribution in [2.24, 2.45) is 10.8 Å². The lowest BCUT2D eigenvalue weighted by Crippen LogP contribution is -2.34. The van der Waals surface area contributed by atoms with Crippen LogP contribution in [-0.2, 0) is 14.8 Å². The minimum Gasteiger partial charge on any atom is -0.381 e. The molecule has 18 heavy (non-hydrogen) atoms. The number of hydrogen-bond acceptors (Lipinski definition) is 3. The van der Waals surface area contributed by atoms with Crippen molar-refractivity contribution in [3.8, 4) is 0 Å². The van der Waals surface area contributed by atoms with E-state index in [1.807, 2.05) is 0 Å². The Balaban J connectivity index is 1.83. The molecule has 1 spiro atoms. The predicted octanol–water partition coefficient (Wildman–Crippen LogP) is 1.91. The molecule has 1 unspecified atom stereocenters. The highest BCUT2D eigenvalue weighted by atomic mass is 32.2. The first kappa shape index (κ1) is 14.3. The summed E-state index contributed by atoms with van der Waals surface area (Å²) in [6.07, 6.45) is 3.69. The second-order valence-electron chi connectivity index (χ2n) is 6.98. The van der Waals surface area contributed by atoms with Crippen LogP contribution in [0.25, 0.3) is 0 Å². The molecule has 4 nitrogen and oxygen atoms in total. The largest absolute Gasteiger partial charge is 0.381 e. The Bertz CT molecular complexity index is 391. The van der Waals surface area contributed by atoms with E-state index < -0.39 is 10.0 Å². The first-order valence-corrected chi connectivity index (χ1v) is 8.46. The molecule has 106 valence electrons. The van der Waals surface area contributed by atoms with Gasteiger partial charge in [0.2, 0.25) is 10.0 Å². The molecule has 0 amide bonds. The summed E-state index contributed by atoms with van der Waals surface area (Å²) in [5, 5.41) is 0. The minimum absolute atomic E-state index is 0.0642. The van der Waals surface area contributed by atoms with Crippen molar-refractivity contribution >= 4 is 10.0 Å². The Kier molecular flexibility index (Phi) is 3.78. The first-order chi connectivity index (χ1) is 8.23. The van der Waals surface area contributed by atoms with Gasteiger partial charge in [-0.1, -0.05) is 20.8 Å². The van der Waals surface area contributed by atoms with E-state index in [4.69, 9.17) is 4.74 Å². The van der Waals surface area contributed by atoms with Gasteiger partial charge in [0, 0.05) is 19.3 Å². The smallest absolute Gasteiger partial charge is 0.211 e. The molecule has 1 saturated carbocycles. The molecule has 2 aliphatic rings. The molecule has 1 atom stereocenters. The highest BCUT2D eigenvalue weighted by Gasteiger charge is 2.55. The van der Waals surface area contributed by atoms with Gasteiger partial charge in [-0.2, -0.15) is 0 Å². The van der Waals surface area contributed by atoms with Crippen LogP contribution in [0.3, 0.4) is 0 Å². The van der Waals surface area contributed by atoms with Crippen molar-refractivity contribution in [1.29, 1.82) is 0 Å². The lowest BCUT2D eigenvalue weighted by Gasteiger charge is -2.23. The molecule has 5 heteroatoms. The van der Waals surface area contributed by atoms with E-state index in [1.165, 1.54) is 0 Å². The highest BCUT2D eigenvalue weighted by Crippen LogP contribution is 2.53. The Morgan fingerprint density at radius 1 is 1.28 bits per heavy atom. The Morgan fingerprint density at radius 2 is 1.89 bits per heavy atom. The monoisotopic (exact) mass is 275 g/mol. The van der Waals surface area contributed by atoms with Crippen LogP contribution in [0.1, 0.15) is 46.5 Å². The summed E-state index contributed by atoms with van der Waals surface area (Å²) in [6.45, 7) is 7.76. The molecule has 1 aliphatic carbocycles. The topological polar surface area (TPSA) is 55.4 Å². The third-order valence-electron chi connectivity index (χ3n) is 4.12. The molecule has 2 rings (SSSR count). The fourth-order valence-electron chi connectivity index (χ4n) is 2.56. The van der Waals surface area contributed by atoms with E-state index in [1.54, 1.807) is 0 Å². The van der Waals surface area contributed by atoms with Gasteiger partial charge >= 0.3 is 0 Å². The summed E-state index contributed by atoms with van der Waals surface area (Å²) in [5.74, 6) is 0.236. The zero-order valence-corrected chi connectivity index (χ0v) is 12.5. The second kappa shape index (κ2) is 4.76. The third kappa shape index (κ3) is 3.68. The number of sulfonamides is 1. The van der Waals surface area contributed by atoms with Crippen LogP contribution in [0.5, 0.6) is 0 Å². The van der Waals surface area contributed by atoms with Crippen molar-refractivity contribution in [2.75, 3.05) is 19.0 Å². The SMILES string of the molecule is CC(C)(C)CCS(=O)(=O)NC1CC12CCOCC2. The summed E-state index contributed by atoms with van der Waals surface area (Å²) in [7, 11) is -3.12. The van der Waals surface area contributed by atoms with Crippen molar-refractivity contribution < 1.29 is 13.2 Å². The van der Waals surface area contributed by atoms with Gasteiger partial charge in [0.1, 0.15) is 0 Å². The predicted molar refractivity (Wildman–Crippen MR) is 71.9 cm³/mol. The standard InChI is InChI=1S/C13H25NO3S/c1-12(2,3)6-9-18(15,16)14-11-10-13(11)4-7-17-8-5-13/h11,14H,4-10H2,1-3H3. The van der Waals surface area contributed by atoms with Crippen LogP contribution >= 0.6 is 0 Å². The number of hydrogen-bond donors (Lipinski definition) is 1. The number of nitrogens with one attached hydrogen (secondary N) is 1. The lowest BCUT2D eigenvalue weighted by atomic mass is 9.94. The van der Waals surface area contributed by atoms with E-state index >= 15 is 0 Å². The van der Waals surface area contributed by atoms with Gasteiger partial charge < -0.3 is 4.74 Å². The molecule has 1 heterocycles.